The minimum Gasteiger partial charge on any atom is -0.480 e. The molecule has 1 rings (SSSR count). The van der Waals surface area contributed by atoms with Gasteiger partial charge in [-0.2, -0.15) is 11.8 Å². The quantitative estimate of drug-likeness (QED) is 0.139. The molecule has 5 atom stereocenters. The fraction of sp³-hybridized carbons (Fsp3) is 0.800. The zero-order chi connectivity index (χ0) is 24.1. The number of nitrogens with two attached hydrogens (primary N) is 1. The van der Waals surface area contributed by atoms with E-state index in [0.29, 0.717) is 38.0 Å². The molecule has 0 aromatic rings. The Bertz CT molecular complexity index is 630. The highest BCUT2D eigenvalue weighted by atomic mass is 32.2. The summed E-state index contributed by atoms with van der Waals surface area (Å²) in [6, 6.07) is -3.69. The molecule has 0 spiro atoms. The maximum Gasteiger partial charge on any atom is 0.328 e. The lowest BCUT2D eigenvalue weighted by molar-refractivity contribution is -0.145. The van der Waals surface area contributed by atoms with E-state index in [2.05, 4.69) is 21.3 Å². The second-order valence-corrected chi connectivity index (χ2v) is 8.89. The number of carboxylic acids is 1. The molecule has 0 aliphatic carbocycles. The van der Waals surface area contributed by atoms with Crippen LogP contribution in [-0.2, 0) is 19.2 Å². The summed E-state index contributed by atoms with van der Waals surface area (Å²) in [7, 11) is 0. The van der Waals surface area contributed by atoms with Crippen molar-refractivity contribution in [1.82, 2.24) is 21.3 Å². The van der Waals surface area contributed by atoms with E-state index in [1.54, 1.807) is 0 Å². The number of thioether (sulfide) groups is 1. The average Bonchev–Trinajstić information content (AvgIpc) is 3.28. The van der Waals surface area contributed by atoms with Crippen LogP contribution in [0.4, 0.5) is 0 Å². The molecule has 1 saturated heterocycles. The molecule has 1 heterocycles. The predicted molar refractivity (Wildman–Crippen MR) is 122 cm³/mol. The van der Waals surface area contributed by atoms with Gasteiger partial charge in [0.2, 0.25) is 17.7 Å². The van der Waals surface area contributed by atoms with E-state index < -0.39 is 42.0 Å². The Morgan fingerprint density at radius 2 is 1.75 bits per heavy atom. The van der Waals surface area contributed by atoms with E-state index in [-0.39, 0.29) is 18.4 Å². The van der Waals surface area contributed by atoms with Crippen molar-refractivity contribution in [3.63, 3.8) is 0 Å². The molecule has 0 aromatic carbocycles. The second-order valence-electron chi connectivity index (χ2n) is 7.90. The Morgan fingerprint density at radius 3 is 2.28 bits per heavy atom. The molecule has 0 saturated carbocycles. The maximum atomic E-state index is 13.0. The van der Waals surface area contributed by atoms with Crippen molar-refractivity contribution < 1.29 is 29.4 Å². The van der Waals surface area contributed by atoms with Crippen LogP contribution in [0.2, 0.25) is 0 Å². The summed E-state index contributed by atoms with van der Waals surface area (Å²) in [6.07, 6.45) is 3.94. The van der Waals surface area contributed by atoms with Gasteiger partial charge in [-0.15, -0.1) is 0 Å². The number of hydrogen-bond acceptors (Lipinski definition) is 8. The number of unbranched alkanes of at least 4 members (excludes halogenated alkanes) is 1. The topological polar surface area (TPSA) is 183 Å². The summed E-state index contributed by atoms with van der Waals surface area (Å²) in [5.74, 6) is -2.23. The van der Waals surface area contributed by atoms with Crippen LogP contribution < -0.4 is 27.0 Å². The van der Waals surface area contributed by atoms with Gasteiger partial charge in [0.15, 0.2) is 6.04 Å². The molecule has 3 amide bonds. The lowest BCUT2D eigenvalue weighted by atomic mass is 10.1. The first-order chi connectivity index (χ1) is 15.2. The highest BCUT2D eigenvalue weighted by Gasteiger charge is 2.32. The fourth-order valence-electron chi connectivity index (χ4n) is 3.36. The normalized spacial score (nSPS) is 19.4. The van der Waals surface area contributed by atoms with Crippen molar-refractivity contribution in [2.24, 2.45) is 5.73 Å². The molecule has 12 heteroatoms. The monoisotopic (exact) mass is 475 g/mol. The van der Waals surface area contributed by atoms with Crippen molar-refractivity contribution in [3.05, 3.63) is 0 Å². The molecular formula is C20H37N5O6S. The maximum absolute atomic E-state index is 13.0. The first-order valence-electron chi connectivity index (χ1n) is 11.0. The van der Waals surface area contributed by atoms with Crippen molar-refractivity contribution in [2.75, 3.05) is 25.1 Å². The fourth-order valence-corrected chi connectivity index (χ4v) is 3.83. The van der Waals surface area contributed by atoms with Crippen LogP contribution in [0, 0.1) is 0 Å². The number of rotatable bonds is 15. The molecule has 0 bridgehead atoms. The molecule has 5 unspecified atom stereocenters. The Hall–Kier alpha value is -1.89. The molecule has 1 aliphatic rings. The van der Waals surface area contributed by atoms with Crippen molar-refractivity contribution in [1.29, 1.82) is 0 Å². The summed E-state index contributed by atoms with van der Waals surface area (Å²) < 4.78 is 0. The number of aliphatic hydroxyl groups is 1. The molecule has 1 aliphatic heterocycles. The van der Waals surface area contributed by atoms with Gasteiger partial charge in [0.1, 0.15) is 12.1 Å². The van der Waals surface area contributed by atoms with Gasteiger partial charge in [0, 0.05) is 0 Å². The van der Waals surface area contributed by atoms with E-state index in [0.717, 1.165) is 13.0 Å². The van der Waals surface area contributed by atoms with Crippen molar-refractivity contribution in [2.45, 2.75) is 75.7 Å². The smallest absolute Gasteiger partial charge is 0.328 e. The SMILES string of the molecule is CSCCC(NC(=O)C1CCCN1)C(=O)NC(CCCCN)C(=O)NC(C(=O)O)C(C)O. The third kappa shape index (κ3) is 9.72. The Balaban J connectivity index is 2.88. The predicted octanol–water partition coefficient (Wildman–Crippen LogP) is -1.46. The van der Waals surface area contributed by atoms with Crippen LogP contribution in [0.5, 0.6) is 0 Å². The first-order valence-corrected chi connectivity index (χ1v) is 12.3. The van der Waals surface area contributed by atoms with E-state index >= 15 is 0 Å². The summed E-state index contributed by atoms with van der Waals surface area (Å²) in [6.45, 7) is 2.41. The summed E-state index contributed by atoms with van der Waals surface area (Å²) in [5, 5.41) is 29.7. The number of carboxylic acid groups (broad SMARTS) is 1. The second kappa shape index (κ2) is 15.0. The highest BCUT2D eigenvalue weighted by molar-refractivity contribution is 7.98. The number of carbonyl (C=O) groups is 4. The third-order valence-corrected chi connectivity index (χ3v) is 5.89. The number of carbonyl (C=O) groups excluding carboxylic acids is 3. The minimum atomic E-state index is -1.50. The van der Waals surface area contributed by atoms with Crippen LogP contribution >= 0.6 is 11.8 Å². The molecule has 8 N–H and O–H groups in total. The van der Waals surface area contributed by atoms with Crippen LogP contribution in [-0.4, -0.2) is 89.3 Å². The Labute approximate surface area is 193 Å². The average molecular weight is 476 g/mol. The Kier molecular flexibility index (Phi) is 13.2. The zero-order valence-corrected chi connectivity index (χ0v) is 19.6. The highest BCUT2D eigenvalue weighted by Crippen LogP contribution is 2.09. The van der Waals surface area contributed by atoms with Gasteiger partial charge in [-0.25, -0.2) is 4.79 Å². The van der Waals surface area contributed by atoms with Crippen molar-refractivity contribution >= 4 is 35.5 Å². The number of aliphatic hydroxyl groups excluding tert-OH is 1. The lowest BCUT2D eigenvalue weighted by Crippen LogP contribution is -2.58. The van der Waals surface area contributed by atoms with E-state index in [9.17, 15) is 29.4 Å². The van der Waals surface area contributed by atoms with Gasteiger partial charge in [-0.1, -0.05) is 0 Å². The minimum absolute atomic E-state index is 0.244. The van der Waals surface area contributed by atoms with Gasteiger partial charge in [0.25, 0.3) is 0 Å². The van der Waals surface area contributed by atoms with E-state index in [4.69, 9.17) is 5.73 Å². The van der Waals surface area contributed by atoms with Gasteiger partial charge < -0.3 is 37.2 Å². The van der Waals surface area contributed by atoms with Crippen LogP contribution in [0.15, 0.2) is 0 Å². The summed E-state index contributed by atoms with van der Waals surface area (Å²) >= 11 is 1.53. The summed E-state index contributed by atoms with van der Waals surface area (Å²) in [4.78, 5) is 49.5. The molecule has 1 fully saturated rings. The van der Waals surface area contributed by atoms with E-state index in [1.165, 1.54) is 18.7 Å². The number of amides is 3. The number of hydrogen-bond donors (Lipinski definition) is 7. The number of aliphatic carboxylic acids is 1. The van der Waals surface area contributed by atoms with Crippen LogP contribution in [0.25, 0.3) is 0 Å². The summed E-state index contributed by atoms with van der Waals surface area (Å²) in [5.41, 5.74) is 5.52. The molecule has 32 heavy (non-hydrogen) atoms. The van der Waals surface area contributed by atoms with Gasteiger partial charge in [0.05, 0.1) is 12.1 Å². The molecular weight excluding hydrogens is 438 g/mol. The molecule has 184 valence electrons. The largest absolute Gasteiger partial charge is 0.480 e. The number of nitrogens with one attached hydrogen (secondary N) is 4. The van der Waals surface area contributed by atoms with Gasteiger partial charge >= 0.3 is 5.97 Å². The Morgan fingerprint density at radius 1 is 1.09 bits per heavy atom. The third-order valence-electron chi connectivity index (χ3n) is 5.25. The zero-order valence-electron chi connectivity index (χ0n) is 18.8. The van der Waals surface area contributed by atoms with Gasteiger partial charge in [-0.3, -0.25) is 14.4 Å². The van der Waals surface area contributed by atoms with Gasteiger partial charge in [-0.05, 0) is 70.5 Å². The standard InChI is InChI=1S/C20H37N5O6S/c1-12(26)16(20(30)31)25-19(29)14(6-3-4-9-21)23-18(28)15(8-11-32-2)24-17(27)13-7-5-10-22-13/h12-16,22,26H,3-11,21H2,1-2H3,(H,23,28)(H,24,27)(H,25,29)(H,30,31). The van der Waals surface area contributed by atoms with Crippen LogP contribution in [0.1, 0.15) is 45.4 Å². The van der Waals surface area contributed by atoms with E-state index in [1.807, 2.05) is 6.26 Å². The molecule has 0 aromatic heterocycles. The molecule has 0 radical (unpaired) electrons. The first kappa shape index (κ1) is 28.1. The molecule has 11 nitrogen and oxygen atoms in total. The van der Waals surface area contributed by atoms with Crippen molar-refractivity contribution in [3.8, 4) is 0 Å². The lowest BCUT2D eigenvalue weighted by Gasteiger charge is -2.26. The van der Waals surface area contributed by atoms with Crippen LogP contribution in [0.3, 0.4) is 0 Å².